The number of carbonyl (C=O) groups excluding carboxylic acids is 1. The number of aromatic nitrogens is 3. The molecular formula is C22H20N4O2. The van der Waals surface area contributed by atoms with E-state index in [0.717, 1.165) is 22.5 Å². The van der Waals surface area contributed by atoms with E-state index >= 15 is 0 Å². The largest absolute Gasteiger partial charge is 0.493 e. The zero-order valence-corrected chi connectivity index (χ0v) is 15.7. The van der Waals surface area contributed by atoms with Crippen molar-refractivity contribution in [3.8, 4) is 17.0 Å². The van der Waals surface area contributed by atoms with Crippen molar-refractivity contribution in [2.24, 2.45) is 0 Å². The normalized spacial score (nSPS) is 10.8. The molecule has 1 N–H and O–H groups in total. The first kappa shape index (κ1) is 17.7. The molecule has 4 aromatic rings. The van der Waals surface area contributed by atoms with Crippen LogP contribution < -0.4 is 10.1 Å². The molecule has 0 spiro atoms. The molecule has 6 nitrogen and oxygen atoms in total. The van der Waals surface area contributed by atoms with Crippen LogP contribution in [0.1, 0.15) is 22.8 Å². The minimum Gasteiger partial charge on any atom is -0.493 e. The van der Waals surface area contributed by atoms with Gasteiger partial charge in [0.15, 0.2) is 0 Å². The van der Waals surface area contributed by atoms with Crippen LogP contribution in [0.3, 0.4) is 0 Å². The maximum absolute atomic E-state index is 12.8. The molecule has 140 valence electrons. The zero-order valence-electron chi connectivity index (χ0n) is 15.7. The third kappa shape index (κ3) is 3.44. The Bertz CT molecular complexity index is 1120. The van der Waals surface area contributed by atoms with E-state index in [1.165, 1.54) is 0 Å². The number of benzene rings is 2. The first-order valence-electron chi connectivity index (χ1n) is 9.09. The monoisotopic (exact) mass is 372 g/mol. The lowest BCUT2D eigenvalue weighted by atomic mass is 10.1. The van der Waals surface area contributed by atoms with Gasteiger partial charge in [-0.1, -0.05) is 24.3 Å². The van der Waals surface area contributed by atoms with Gasteiger partial charge in [0.1, 0.15) is 5.75 Å². The molecule has 0 bridgehead atoms. The van der Waals surface area contributed by atoms with E-state index in [1.54, 1.807) is 18.3 Å². The van der Waals surface area contributed by atoms with Gasteiger partial charge >= 0.3 is 0 Å². The van der Waals surface area contributed by atoms with Crippen molar-refractivity contribution in [1.29, 1.82) is 0 Å². The van der Waals surface area contributed by atoms with Crippen molar-refractivity contribution in [3.05, 3.63) is 78.2 Å². The van der Waals surface area contributed by atoms with Crippen molar-refractivity contribution in [3.63, 3.8) is 0 Å². The molecule has 0 radical (unpaired) electrons. The summed E-state index contributed by atoms with van der Waals surface area (Å²) in [5.74, 6) is 0.998. The van der Waals surface area contributed by atoms with E-state index in [0.29, 0.717) is 23.7 Å². The summed E-state index contributed by atoms with van der Waals surface area (Å²) in [7, 11) is 0. The molecule has 2 heterocycles. The summed E-state index contributed by atoms with van der Waals surface area (Å²) in [5, 5.41) is 3.00. The fourth-order valence-electron chi connectivity index (χ4n) is 3.01. The lowest BCUT2D eigenvalue weighted by Gasteiger charge is -2.12. The first-order chi connectivity index (χ1) is 13.7. The van der Waals surface area contributed by atoms with Gasteiger partial charge in [-0.3, -0.25) is 9.20 Å². The number of ether oxygens (including phenoxy) is 1. The van der Waals surface area contributed by atoms with Crippen LogP contribution in [0.2, 0.25) is 0 Å². The fraction of sp³-hybridized carbons (Fsp3) is 0.136. The molecule has 6 heteroatoms. The van der Waals surface area contributed by atoms with Gasteiger partial charge in [-0.25, -0.2) is 9.97 Å². The van der Waals surface area contributed by atoms with Gasteiger partial charge in [-0.15, -0.1) is 0 Å². The van der Waals surface area contributed by atoms with E-state index in [4.69, 9.17) is 4.74 Å². The van der Waals surface area contributed by atoms with Crippen LogP contribution in [-0.2, 0) is 0 Å². The van der Waals surface area contributed by atoms with Crippen LogP contribution in [0.15, 0.2) is 67.1 Å². The molecule has 0 unspecified atom stereocenters. The Morgan fingerprint density at radius 2 is 2.04 bits per heavy atom. The summed E-state index contributed by atoms with van der Waals surface area (Å²) in [6.45, 7) is 4.35. The summed E-state index contributed by atoms with van der Waals surface area (Å²) in [4.78, 5) is 21.6. The van der Waals surface area contributed by atoms with Crippen molar-refractivity contribution >= 4 is 17.4 Å². The highest BCUT2D eigenvalue weighted by Gasteiger charge is 2.14. The molecule has 2 aromatic heterocycles. The highest BCUT2D eigenvalue weighted by atomic mass is 16.5. The number of para-hydroxylation sites is 1. The molecule has 1 amide bonds. The van der Waals surface area contributed by atoms with Crippen molar-refractivity contribution in [2.45, 2.75) is 13.8 Å². The molecule has 0 atom stereocenters. The maximum Gasteiger partial charge on any atom is 0.259 e. The molecule has 2 aromatic carbocycles. The standard InChI is InChI=1S/C22H20N4O2/c1-3-28-20-8-5-4-7-17(20)21(27)24-18-13-16(10-9-15(18)2)19-14-26-12-6-11-23-22(26)25-19/h4-14H,3H2,1-2H3,(H,24,27). The fourth-order valence-corrected chi connectivity index (χ4v) is 3.01. The van der Waals surface area contributed by atoms with Gasteiger partial charge in [0.25, 0.3) is 5.91 Å². The van der Waals surface area contributed by atoms with Crippen molar-refractivity contribution in [1.82, 2.24) is 14.4 Å². The Kier molecular flexibility index (Phi) is 4.76. The molecule has 0 saturated heterocycles. The quantitative estimate of drug-likeness (QED) is 0.565. The molecule has 0 aliphatic carbocycles. The Morgan fingerprint density at radius 1 is 1.18 bits per heavy atom. The van der Waals surface area contributed by atoms with Crippen LogP contribution in [0.4, 0.5) is 5.69 Å². The number of imidazole rings is 1. The van der Waals surface area contributed by atoms with Crippen LogP contribution in [0, 0.1) is 6.92 Å². The summed E-state index contributed by atoms with van der Waals surface area (Å²) < 4.78 is 7.44. The van der Waals surface area contributed by atoms with E-state index in [-0.39, 0.29) is 5.91 Å². The maximum atomic E-state index is 12.8. The molecule has 28 heavy (non-hydrogen) atoms. The predicted molar refractivity (Wildman–Crippen MR) is 109 cm³/mol. The van der Waals surface area contributed by atoms with Gasteiger partial charge in [-0.05, 0) is 43.7 Å². The van der Waals surface area contributed by atoms with Gasteiger partial charge < -0.3 is 10.1 Å². The summed E-state index contributed by atoms with van der Waals surface area (Å²) >= 11 is 0. The lowest BCUT2D eigenvalue weighted by molar-refractivity contribution is 0.102. The van der Waals surface area contributed by atoms with Crippen LogP contribution in [0.25, 0.3) is 17.0 Å². The number of carbonyl (C=O) groups is 1. The lowest BCUT2D eigenvalue weighted by Crippen LogP contribution is -2.14. The van der Waals surface area contributed by atoms with E-state index in [2.05, 4.69) is 15.3 Å². The third-order valence-electron chi connectivity index (χ3n) is 4.45. The second-order valence-corrected chi connectivity index (χ2v) is 6.37. The van der Waals surface area contributed by atoms with Crippen LogP contribution in [0.5, 0.6) is 5.75 Å². The Morgan fingerprint density at radius 3 is 2.86 bits per heavy atom. The highest BCUT2D eigenvalue weighted by Crippen LogP contribution is 2.26. The minimum atomic E-state index is -0.207. The number of fused-ring (bicyclic) bond motifs is 1. The number of aryl methyl sites for hydroxylation is 1. The van der Waals surface area contributed by atoms with E-state index in [1.807, 2.05) is 67.0 Å². The van der Waals surface area contributed by atoms with Crippen LogP contribution >= 0.6 is 0 Å². The number of anilines is 1. The van der Waals surface area contributed by atoms with Crippen molar-refractivity contribution < 1.29 is 9.53 Å². The summed E-state index contributed by atoms with van der Waals surface area (Å²) in [5.41, 5.74) is 3.91. The molecule has 0 saturated carbocycles. The Balaban J connectivity index is 1.65. The number of rotatable bonds is 5. The average Bonchev–Trinajstić information content (AvgIpc) is 3.14. The summed E-state index contributed by atoms with van der Waals surface area (Å²) in [6, 6.07) is 15.0. The van der Waals surface area contributed by atoms with Gasteiger partial charge in [0.05, 0.1) is 17.9 Å². The number of nitrogens with one attached hydrogen (secondary N) is 1. The number of hydrogen-bond acceptors (Lipinski definition) is 4. The van der Waals surface area contributed by atoms with Crippen molar-refractivity contribution in [2.75, 3.05) is 11.9 Å². The highest BCUT2D eigenvalue weighted by molar-refractivity contribution is 6.06. The summed E-state index contributed by atoms with van der Waals surface area (Å²) in [6.07, 6.45) is 5.53. The van der Waals surface area contributed by atoms with Gasteiger partial charge in [-0.2, -0.15) is 0 Å². The molecule has 0 aliphatic rings. The zero-order chi connectivity index (χ0) is 19.5. The SMILES string of the molecule is CCOc1ccccc1C(=O)Nc1cc(-c2cn3cccnc3n2)ccc1C. The topological polar surface area (TPSA) is 68.5 Å². The average molecular weight is 372 g/mol. The Labute approximate surface area is 162 Å². The second kappa shape index (κ2) is 7.52. The minimum absolute atomic E-state index is 0.207. The number of amides is 1. The Hall–Kier alpha value is -3.67. The molecular weight excluding hydrogens is 352 g/mol. The molecule has 4 rings (SSSR count). The molecule has 0 aliphatic heterocycles. The number of nitrogens with zero attached hydrogens (tertiary/aromatic N) is 3. The van der Waals surface area contributed by atoms with E-state index < -0.39 is 0 Å². The smallest absolute Gasteiger partial charge is 0.259 e. The van der Waals surface area contributed by atoms with Crippen LogP contribution in [-0.4, -0.2) is 26.9 Å². The first-order valence-corrected chi connectivity index (χ1v) is 9.09. The van der Waals surface area contributed by atoms with E-state index in [9.17, 15) is 4.79 Å². The molecule has 0 fully saturated rings. The van der Waals surface area contributed by atoms with Gasteiger partial charge in [0.2, 0.25) is 5.78 Å². The second-order valence-electron chi connectivity index (χ2n) is 6.37. The third-order valence-corrected chi connectivity index (χ3v) is 4.45. The predicted octanol–water partition coefficient (Wildman–Crippen LogP) is 4.36. The number of hydrogen-bond donors (Lipinski definition) is 1. The van der Waals surface area contributed by atoms with Gasteiger partial charge in [0, 0.05) is 29.8 Å².